The third-order valence-electron chi connectivity index (χ3n) is 2.77. The topological polar surface area (TPSA) is 12.9 Å². The van der Waals surface area contributed by atoms with Gasteiger partial charge in [0.15, 0.2) is 0 Å². The van der Waals surface area contributed by atoms with Crippen LogP contribution in [-0.4, -0.2) is 4.98 Å². The number of hydrogen-bond donors (Lipinski definition) is 0. The van der Waals surface area contributed by atoms with Gasteiger partial charge in [-0.15, -0.1) is 0 Å². The molecule has 0 fully saturated rings. The lowest BCUT2D eigenvalue weighted by atomic mass is 9.76. The Kier molecular flexibility index (Phi) is 3.90. The van der Waals surface area contributed by atoms with Crippen molar-refractivity contribution in [2.24, 2.45) is 11.3 Å². The van der Waals surface area contributed by atoms with Crippen molar-refractivity contribution in [2.45, 2.75) is 47.0 Å². The average Bonchev–Trinajstić information content (AvgIpc) is 2.14. The van der Waals surface area contributed by atoms with Gasteiger partial charge >= 0.3 is 0 Å². The molecule has 0 aliphatic rings. The van der Waals surface area contributed by atoms with Gasteiger partial charge in [-0.05, 0) is 41.4 Å². The van der Waals surface area contributed by atoms with Crippen molar-refractivity contribution < 1.29 is 0 Å². The molecule has 0 saturated heterocycles. The Bertz CT molecular complexity index is 282. The van der Waals surface area contributed by atoms with E-state index in [0.29, 0.717) is 17.3 Å². The van der Waals surface area contributed by atoms with Crippen LogP contribution in [0.1, 0.15) is 52.5 Å². The highest BCUT2D eigenvalue weighted by molar-refractivity contribution is 5.16. The van der Waals surface area contributed by atoms with Crippen molar-refractivity contribution in [1.29, 1.82) is 0 Å². The van der Waals surface area contributed by atoms with E-state index in [9.17, 15) is 0 Å². The van der Waals surface area contributed by atoms with E-state index in [1.165, 1.54) is 12.0 Å². The average molecular weight is 205 g/mol. The van der Waals surface area contributed by atoms with E-state index < -0.39 is 0 Å². The molecule has 0 N–H and O–H groups in total. The van der Waals surface area contributed by atoms with Gasteiger partial charge < -0.3 is 0 Å². The van der Waals surface area contributed by atoms with Crippen LogP contribution in [0, 0.1) is 11.3 Å². The minimum Gasteiger partial charge on any atom is -0.265 e. The minimum absolute atomic E-state index is 0.387. The van der Waals surface area contributed by atoms with Crippen LogP contribution in [0.5, 0.6) is 0 Å². The van der Waals surface area contributed by atoms with Crippen LogP contribution in [0.15, 0.2) is 24.5 Å². The van der Waals surface area contributed by atoms with Crippen LogP contribution in [0.4, 0.5) is 0 Å². The monoisotopic (exact) mass is 205 g/mol. The van der Waals surface area contributed by atoms with Gasteiger partial charge in [-0.25, -0.2) is 0 Å². The molecule has 0 aromatic carbocycles. The molecule has 0 aliphatic heterocycles. The third kappa shape index (κ3) is 4.03. The second kappa shape index (κ2) is 4.78. The molecule has 1 heterocycles. The maximum absolute atomic E-state index is 4.08. The van der Waals surface area contributed by atoms with Gasteiger partial charge in [0.05, 0.1) is 0 Å². The number of nitrogens with zero attached hydrogens (tertiary/aromatic N) is 1. The molecule has 1 nitrogen and oxygen atoms in total. The summed E-state index contributed by atoms with van der Waals surface area (Å²) in [6, 6.07) is 4.30. The first kappa shape index (κ1) is 12.2. The maximum Gasteiger partial charge on any atom is 0.0270 e. The highest BCUT2D eigenvalue weighted by Crippen LogP contribution is 2.35. The summed E-state index contributed by atoms with van der Waals surface area (Å²) in [6.45, 7) is 11.5. The van der Waals surface area contributed by atoms with E-state index in [4.69, 9.17) is 0 Å². The molecule has 1 aromatic rings. The number of pyridine rings is 1. The van der Waals surface area contributed by atoms with Crippen LogP contribution < -0.4 is 0 Å². The van der Waals surface area contributed by atoms with Crippen LogP contribution >= 0.6 is 0 Å². The van der Waals surface area contributed by atoms with Gasteiger partial charge in [-0.2, -0.15) is 0 Å². The molecule has 0 spiro atoms. The fourth-order valence-electron chi connectivity index (χ4n) is 2.01. The second-order valence-electron chi connectivity index (χ2n) is 5.90. The smallest absolute Gasteiger partial charge is 0.0270 e. The predicted octanol–water partition coefficient (Wildman–Crippen LogP) is 4.26. The summed E-state index contributed by atoms with van der Waals surface area (Å²) in [4.78, 5) is 4.08. The summed E-state index contributed by atoms with van der Waals surface area (Å²) in [5.74, 6) is 1.33. The van der Waals surface area contributed by atoms with Gasteiger partial charge in [0.1, 0.15) is 0 Å². The van der Waals surface area contributed by atoms with Gasteiger partial charge in [0.2, 0.25) is 0 Å². The first-order chi connectivity index (χ1) is 6.90. The summed E-state index contributed by atoms with van der Waals surface area (Å²) in [6.07, 6.45) is 5.02. The molecule has 0 radical (unpaired) electrons. The van der Waals surface area contributed by atoms with Gasteiger partial charge in [0.25, 0.3) is 0 Å². The third-order valence-corrected chi connectivity index (χ3v) is 2.77. The first-order valence-corrected chi connectivity index (χ1v) is 5.80. The first-order valence-electron chi connectivity index (χ1n) is 5.80. The maximum atomic E-state index is 4.08. The van der Waals surface area contributed by atoms with E-state index >= 15 is 0 Å². The summed E-state index contributed by atoms with van der Waals surface area (Å²) in [5, 5.41) is 0. The van der Waals surface area contributed by atoms with Crippen molar-refractivity contribution in [1.82, 2.24) is 4.98 Å². The molecule has 1 rings (SSSR count). The van der Waals surface area contributed by atoms with Gasteiger partial charge in [0, 0.05) is 12.4 Å². The number of hydrogen-bond acceptors (Lipinski definition) is 1. The molecule has 0 aliphatic carbocycles. The fraction of sp³-hybridized carbons (Fsp3) is 0.643. The van der Waals surface area contributed by atoms with Crippen LogP contribution in [0.3, 0.4) is 0 Å². The lowest BCUT2D eigenvalue weighted by molar-refractivity contribution is 0.301. The van der Waals surface area contributed by atoms with Crippen LogP contribution in [0.2, 0.25) is 0 Å². The molecule has 84 valence electrons. The van der Waals surface area contributed by atoms with Crippen LogP contribution in [-0.2, 0) is 0 Å². The number of rotatable bonds is 3. The molecular formula is C14H23N. The zero-order valence-electron chi connectivity index (χ0n) is 10.6. The molecule has 0 amide bonds. The zero-order chi connectivity index (χ0) is 11.5. The molecular weight excluding hydrogens is 182 g/mol. The predicted molar refractivity (Wildman–Crippen MR) is 65.9 cm³/mol. The quantitative estimate of drug-likeness (QED) is 0.718. The van der Waals surface area contributed by atoms with Crippen LogP contribution in [0.25, 0.3) is 0 Å². The van der Waals surface area contributed by atoms with Crippen molar-refractivity contribution in [3.63, 3.8) is 0 Å². The highest BCUT2D eigenvalue weighted by atomic mass is 14.6. The largest absolute Gasteiger partial charge is 0.265 e. The molecule has 0 saturated carbocycles. The van der Waals surface area contributed by atoms with E-state index in [0.717, 1.165) is 0 Å². The summed E-state index contributed by atoms with van der Waals surface area (Å²) < 4.78 is 0. The van der Waals surface area contributed by atoms with Crippen molar-refractivity contribution in [3.05, 3.63) is 30.1 Å². The normalized spacial score (nSPS) is 14.3. The Morgan fingerprint density at radius 1 is 1.13 bits per heavy atom. The molecule has 1 atom stereocenters. The number of aromatic nitrogens is 1. The lowest BCUT2D eigenvalue weighted by Crippen LogP contribution is -2.16. The lowest BCUT2D eigenvalue weighted by Gasteiger charge is -2.29. The van der Waals surface area contributed by atoms with Gasteiger partial charge in [-0.1, -0.05) is 34.6 Å². The minimum atomic E-state index is 0.387. The molecule has 1 unspecified atom stereocenters. The van der Waals surface area contributed by atoms with E-state index in [2.05, 4.69) is 51.7 Å². The van der Waals surface area contributed by atoms with Crippen molar-refractivity contribution >= 4 is 0 Å². The second-order valence-corrected chi connectivity index (χ2v) is 5.90. The summed E-state index contributed by atoms with van der Waals surface area (Å²) >= 11 is 0. The van der Waals surface area contributed by atoms with Crippen molar-refractivity contribution in [3.8, 4) is 0 Å². The summed E-state index contributed by atoms with van der Waals surface area (Å²) in [7, 11) is 0. The molecule has 0 bridgehead atoms. The van der Waals surface area contributed by atoms with E-state index in [-0.39, 0.29) is 0 Å². The molecule has 1 heteroatoms. The fourth-order valence-corrected chi connectivity index (χ4v) is 2.01. The van der Waals surface area contributed by atoms with E-state index in [1.807, 2.05) is 12.4 Å². The van der Waals surface area contributed by atoms with Gasteiger partial charge in [-0.3, -0.25) is 4.98 Å². The Hall–Kier alpha value is -0.850. The zero-order valence-corrected chi connectivity index (χ0v) is 10.6. The van der Waals surface area contributed by atoms with Crippen molar-refractivity contribution in [2.75, 3.05) is 0 Å². The molecule has 15 heavy (non-hydrogen) atoms. The standard InChI is InChI=1S/C14H23N/c1-11(2)13(10-14(3,4)5)12-6-8-15-9-7-12/h6-9,11,13H,10H2,1-5H3. The molecule has 1 aromatic heterocycles. The Morgan fingerprint density at radius 2 is 1.67 bits per heavy atom. The Labute approximate surface area is 93.9 Å². The Morgan fingerprint density at radius 3 is 2.07 bits per heavy atom. The Balaban J connectivity index is 2.85. The summed E-state index contributed by atoms with van der Waals surface area (Å²) in [5.41, 5.74) is 1.81. The SMILES string of the molecule is CC(C)C(CC(C)(C)C)c1ccncc1. The highest BCUT2D eigenvalue weighted by Gasteiger charge is 2.22. The van der Waals surface area contributed by atoms with E-state index in [1.54, 1.807) is 0 Å².